The van der Waals surface area contributed by atoms with Crippen molar-refractivity contribution in [1.29, 1.82) is 5.26 Å². The molecule has 3 rings (SSSR count). The first-order valence-electron chi connectivity index (χ1n) is 9.12. The van der Waals surface area contributed by atoms with Gasteiger partial charge in [0, 0.05) is 39.8 Å². The number of likely N-dealkylation sites (N-methyl/N-ethyl adjacent to an activating group) is 1. The number of piperazine rings is 1. The Balaban J connectivity index is 1.52. The maximum absolute atomic E-state index is 13.8. The van der Waals surface area contributed by atoms with Crippen LogP contribution in [0.2, 0.25) is 0 Å². The molecule has 0 spiro atoms. The van der Waals surface area contributed by atoms with Gasteiger partial charge in [-0.3, -0.25) is 9.69 Å². The van der Waals surface area contributed by atoms with Gasteiger partial charge in [0.05, 0.1) is 12.2 Å². The van der Waals surface area contributed by atoms with E-state index in [0.717, 1.165) is 5.56 Å². The maximum atomic E-state index is 13.8. The highest BCUT2D eigenvalue weighted by molar-refractivity contribution is 5.78. The molecule has 7 heteroatoms. The Labute approximate surface area is 163 Å². The van der Waals surface area contributed by atoms with Crippen molar-refractivity contribution in [1.82, 2.24) is 9.80 Å². The third-order valence-electron chi connectivity index (χ3n) is 4.93. The largest absolute Gasteiger partial charge is 0.368 e. The summed E-state index contributed by atoms with van der Waals surface area (Å²) in [7, 11) is 1.73. The van der Waals surface area contributed by atoms with Gasteiger partial charge in [0.25, 0.3) is 0 Å². The van der Waals surface area contributed by atoms with Gasteiger partial charge < -0.3 is 9.80 Å². The monoisotopic (exact) mass is 384 g/mol. The molecule has 0 N–H and O–H groups in total. The van der Waals surface area contributed by atoms with Crippen molar-refractivity contribution in [3.05, 3.63) is 65.2 Å². The van der Waals surface area contributed by atoms with Gasteiger partial charge in [-0.2, -0.15) is 5.26 Å². The Kier molecular flexibility index (Phi) is 6.22. The first kappa shape index (κ1) is 19.8. The van der Waals surface area contributed by atoms with Gasteiger partial charge in [-0.05, 0) is 29.8 Å². The number of hydrogen-bond donors (Lipinski definition) is 0. The molecule has 5 nitrogen and oxygen atoms in total. The lowest BCUT2D eigenvalue weighted by molar-refractivity contribution is -0.131. The van der Waals surface area contributed by atoms with Gasteiger partial charge in [0.2, 0.25) is 5.91 Å². The molecule has 0 unspecified atom stereocenters. The SMILES string of the molecule is CN(Cc1ccc(F)cc1)C(=O)CN1CCN(c2cccc(F)c2C#N)CC1. The molecule has 0 saturated carbocycles. The number of rotatable bonds is 5. The van der Waals surface area contributed by atoms with Crippen molar-refractivity contribution in [3.8, 4) is 6.07 Å². The van der Waals surface area contributed by atoms with Gasteiger partial charge in [0.15, 0.2) is 0 Å². The average Bonchev–Trinajstić information content (AvgIpc) is 2.70. The van der Waals surface area contributed by atoms with E-state index in [-0.39, 0.29) is 17.3 Å². The van der Waals surface area contributed by atoms with Crippen LogP contribution < -0.4 is 4.90 Å². The fourth-order valence-corrected chi connectivity index (χ4v) is 3.30. The van der Waals surface area contributed by atoms with Gasteiger partial charge in [-0.25, -0.2) is 8.78 Å². The zero-order valence-electron chi connectivity index (χ0n) is 15.7. The predicted molar refractivity (Wildman–Crippen MR) is 103 cm³/mol. The Morgan fingerprint density at radius 1 is 1.11 bits per heavy atom. The Morgan fingerprint density at radius 3 is 2.43 bits per heavy atom. The van der Waals surface area contributed by atoms with Gasteiger partial charge in [-0.15, -0.1) is 0 Å². The average molecular weight is 384 g/mol. The minimum absolute atomic E-state index is 0.0127. The fourth-order valence-electron chi connectivity index (χ4n) is 3.30. The second-order valence-corrected chi connectivity index (χ2v) is 6.89. The third-order valence-corrected chi connectivity index (χ3v) is 4.93. The zero-order chi connectivity index (χ0) is 20.1. The van der Waals surface area contributed by atoms with Crippen molar-refractivity contribution < 1.29 is 13.6 Å². The smallest absolute Gasteiger partial charge is 0.236 e. The zero-order valence-corrected chi connectivity index (χ0v) is 15.7. The molecule has 0 aromatic heterocycles. The first-order valence-corrected chi connectivity index (χ1v) is 9.12. The number of carbonyl (C=O) groups is 1. The lowest BCUT2D eigenvalue weighted by Crippen LogP contribution is -2.49. The summed E-state index contributed by atoms with van der Waals surface area (Å²) in [5.74, 6) is -0.824. The van der Waals surface area contributed by atoms with Crippen LogP contribution >= 0.6 is 0 Å². The minimum atomic E-state index is -0.514. The van der Waals surface area contributed by atoms with Crippen LogP contribution in [-0.2, 0) is 11.3 Å². The second kappa shape index (κ2) is 8.81. The van der Waals surface area contributed by atoms with Crippen LogP contribution in [0.15, 0.2) is 42.5 Å². The summed E-state index contributed by atoms with van der Waals surface area (Å²) in [6, 6.07) is 12.7. The lowest BCUT2D eigenvalue weighted by atomic mass is 10.1. The molecule has 1 saturated heterocycles. The lowest BCUT2D eigenvalue weighted by Gasteiger charge is -2.36. The van der Waals surface area contributed by atoms with Crippen molar-refractivity contribution in [2.24, 2.45) is 0 Å². The van der Waals surface area contributed by atoms with Crippen LogP contribution in [0.4, 0.5) is 14.5 Å². The number of anilines is 1. The number of benzene rings is 2. The topological polar surface area (TPSA) is 50.6 Å². The number of nitriles is 1. The minimum Gasteiger partial charge on any atom is -0.368 e. The Hall–Kier alpha value is -2.98. The van der Waals surface area contributed by atoms with E-state index in [4.69, 9.17) is 0 Å². The number of nitrogens with zero attached hydrogens (tertiary/aromatic N) is 4. The normalized spacial score (nSPS) is 14.6. The maximum Gasteiger partial charge on any atom is 0.236 e. The molecular formula is C21H22F2N4O. The van der Waals surface area contributed by atoms with Crippen molar-refractivity contribution in [2.45, 2.75) is 6.54 Å². The van der Waals surface area contributed by atoms with Crippen molar-refractivity contribution >= 4 is 11.6 Å². The highest BCUT2D eigenvalue weighted by atomic mass is 19.1. The highest BCUT2D eigenvalue weighted by Gasteiger charge is 2.23. The standard InChI is InChI=1S/C21H22F2N4O/c1-25(14-16-5-7-17(22)8-6-16)21(28)15-26-9-11-27(12-10-26)20-4-2-3-19(23)18(20)13-24/h2-8H,9-12,14-15H2,1H3. The predicted octanol–water partition coefficient (Wildman–Crippen LogP) is 2.62. The summed E-state index contributed by atoms with van der Waals surface area (Å²) in [5.41, 5.74) is 1.53. The van der Waals surface area contributed by atoms with E-state index in [2.05, 4.69) is 0 Å². The second-order valence-electron chi connectivity index (χ2n) is 6.89. The van der Waals surface area contributed by atoms with Crippen LogP contribution in [-0.4, -0.2) is 55.5 Å². The molecule has 0 radical (unpaired) electrons. The number of carbonyl (C=O) groups excluding carboxylic acids is 1. The van der Waals surface area contributed by atoms with E-state index in [1.54, 1.807) is 36.2 Å². The summed E-state index contributed by atoms with van der Waals surface area (Å²) in [5, 5.41) is 9.20. The molecule has 1 aliphatic rings. The molecule has 2 aromatic carbocycles. The van der Waals surface area contributed by atoms with Gasteiger partial charge in [0.1, 0.15) is 23.3 Å². The summed E-state index contributed by atoms with van der Waals surface area (Å²) in [4.78, 5) is 18.1. The quantitative estimate of drug-likeness (QED) is 0.795. The van der Waals surface area contributed by atoms with E-state index >= 15 is 0 Å². The molecular weight excluding hydrogens is 362 g/mol. The summed E-state index contributed by atoms with van der Waals surface area (Å²) in [6.07, 6.45) is 0. The van der Waals surface area contributed by atoms with Crippen LogP contribution in [0.5, 0.6) is 0 Å². The summed E-state index contributed by atoms with van der Waals surface area (Å²) in [6.45, 7) is 3.25. The molecule has 0 bridgehead atoms. The molecule has 1 amide bonds. The fraction of sp³-hybridized carbons (Fsp3) is 0.333. The molecule has 1 aliphatic heterocycles. The van der Waals surface area contributed by atoms with Crippen molar-refractivity contribution in [3.63, 3.8) is 0 Å². The third kappa shape index (κ3) is 4.65. The van der Waals surface area contributed by atoms with Crippen LogP contribution in [0.25, 0.3) is 0 Å². The van der Waals surface area contributed by atoms with Crippen LogP contribution in [0.3, 0.4) is 0 Å². The van der Waals surface area contributed by atoms with Gasteiger partial charge in [-0.1, -0.05) is 18.2 Å². The summed E-state index contributed by atoms with van der Waals surface area (Å²) >= 11 is 0. The Bertz CT molecular complexity index is 871. The Morgan fingerprint density at radius 2 is 1.79 bits per heavy atom. The molecule has 1 fully saturated rings. The van der Waals surface area contributed by atoms with E-state index in [0.29, 0.717) is 45.0 Å². The highest BCUT2D eigenvalue weighted by Crippen LogP contribution is 2.23. The van der Waals surface area contributed by atoms with Crippen molar-refractivity contribution in [2.75, 3.05) is 44.7 Å². The number of amides is 1. The molecule has 28 heavy (non-hydrogen) atoms. The van der Waals surface area contributed by atoms with Gasteiger partial charge >= 0.3 is 0 Å². The van der Waals surface area contributed by atoms with E-state index < -0.39 is 5.82 Å². The first-order chi connectivity index (χ1) is 13.5. The molecule has 0 aliphatic carbocycles. The molecule has 1 heterocycles. The molecule has 146 valence electrons. The summed E-state index contributed by atoms with van der Waals surface area (Å²) < 4.78 is 26.8. The van der Waals surface area contributed by atoms with Crippen LogP contribution in [0, 0.1) is 23.0 Å². The number of halogens is 2. The molecule has 0 atom stereocenters. The number of hydrogen-bond acceptors (Lipinski definition) is 4. The molecule has 2 aromatic rings. The van der Waals surface area contributed by atoms with E-state index in [1.165, 1.54) is 18.2 Å². The van der Waals surface area contributed by atoms with E-state index in [1.807, 2.05) is 15.9 Å². The van der Waals surface area contributed by atoms with E-state index in [9.17, 15) is 18.8 Å². The van der Waals surface area contributed by atoms with Crippen LogP contribution in [0.1, 0.15) is 11.1 Å².